The molecule has 1 N–H and O–H groups in total. The second-order valence-electron chi connectivity index (χ2n) is 4.36. The van der Waals surface area contributed by atoms with Crippen molar-refractivity contribution in [3.8, 4) is 5.75 Å². The van der Waals surface area contributed by atoms with E-state index in [4.69, 9.17) is 4.74 Å². The van der Waals surface area contributed by atoms with Crippen molar-refractivity contribution < 1.29 is 9.53 Å². The van der Waals surface area contributed by atoms with E-state index in [9.17, 15) is 4.79 Å². The minimum Gasteiger partial charge on any atom is -0.481 e. The van der Waals surface area contributed by atoms with Crippen LogP contribution in [-0.2, 0) is 11.2 Å². The van der Waals surface area contributed by atoms with Gasteiger partial charge in [-0.25, -0.2) is 9.97 Å². The van der Waals surface area contributed by atoms with Gasteiger partial charge in [0, 0.05) is 18.9 Å². The molecule has 0 aliphatic rings. The summed E-state index contributed by atoms with van der Waals surface area (Å²) in [4.78, 5) is 19.7. The summed E-state index contributed by atoms with van der Waals surface area (Å²) in [5, 5.41) is 2.83. The normalized spacial score (nSPS) is 11.7. The zero-order valence-corrected chi connectivity index (χ0v) is 11.3. The molecule has 1 aromatic heterocycles. The first-order chi connectivity index (χ1) is 9.75. The number of hydrogen-bond acceptors (Lipinski definition) is 4. The lowest BCUT2D eigenvalue weighted by Gasteiger charge is -2.14. The summed E-state index contributed by atoms with van der Waals surface area (Å²) in [5.41, 5.74) is 0.990. The number of carbonyl (C=O) groups excluding carboxylic acids is 1. The maximum Gasteiger partial charge on any atom is 0.260 e. The van der Waals surface area contributed by atoms with Crippen LogP contribution in [0.5, 0.6) is 5.75 Å². The van der Waals surface area contributed by atoms with Gasteiger partial charge in [0.25, 0.3) is 5.91 Å². The number of benzene rings is 1. The molecule has 5 nitrogen and oxygen atoms in total. The fraction of sp³-hybridized carbons (Fsp3) is 0.267. The Bertz CT molecular complexity index is 531. The SMILES string of the molecule is C[C@@H](Oc1ccccc1)C(=O)NCCc1cncnc1. The molecule has 0 aliphatic heterocycles. The van der Waals surface area contributed by atoms with Gasteiger partial charge in [0.1, 0.15) is 12.1 Å². The molecule has 0 aliphatic carbocycles. The highest BCUT2D eigenvalue weighted by Gasteiger charge is 2.13. The first-order valence-corrected chi connectivity index (χ1v) is 6.49. The van der Waals surface area contributed by atoms with E-state index in [1.54, 1.807) is 19.3 Å². The predicted octanol–water partition coefficient (Wildman–Crippen LogP) is 1.60. The summed E-state index contributed by atoms with van der Waals surface area (Å²) in [5.74, 6) is 0.553. The third-order valence-electron chi connectivity index (χ3n) is 2.75. The van der Waals surface area contributed by atoms with E-state index >= 15 is 0 Å². The van der Waals surface area contributed by atoms with Gasteiger partial charge in [-0.05, 0) is 31.0 Å². The number of nitrogens with one attached hydrogen (secondary N) is 1. The standard InChI is InChI=1S/C15H17N3O2/c1-12(20-14-5-3-2-4-6-14)15(19)18-8-7-13-9-16-11-17-10-13/h2-6,9-12H,7-8H2,1H3,(H,18,19)/t12-/m1/s1. The Morgan fingerprint density at radius 3 is 2.65 bits per heavy atom. The summed E-state index contributed by atoms with van der Waals surface area (Å²) in [6.45, 7) is 2.27. The van der Waals surface area contributed by atoms with Crippen molar-refractivity contribution in [3.63, 3.8) is 0 Å². The number of hydrogen-bond donors (Lipinski definition) is 1. The molecular weight excluding hydrogens is 254 g/mol. The van der Waals surface area contributed by atoms with Crippen molar-refractivity contribution in [2.24, 2.45) is 0 Å². The molecule has 0 unspecified atom stereocenters. The van der Waals surface area contributed by atoms with E-state index < -0.39 is 6.10 Å². The Morgan fingerprint density at radius 1 is 1.25 bits per heavy atom. The quantitative estimate of drug-likeness (QED) is 0.866. The molecule has 2 rings (SSSR count). The lowest BCUT2D eigenvalue weighted by molar-refractivity contribution is -0.127. The number of para-hydroxylation sites is 1. The van der Waals surface area contributed by atoms with Crippen molar-refractivity contribution in [2.75, 3.05) is 6.54 Å². The van der Waals surface area contributed by atoms with Gasteiger partial charge in [0.15, 0.2) is 6.10 Å². The van der Waals surface area contributed by atoms with Gasteiger partial charge in [-0.3, -0.25) is 4.79 Å². The molecule has 104 valence electrons. The molecule has 1 aromatic carbocycles. The number of carbonyl (C=O) groups is 1. The Kier molecular flexibility index (Phi) is 5.06. The predicted molar refractivity (Wildman–Crippen MR) is 75.3 cm³/mol. The third kappa shape index (κ3) is 4.35. The molecule has 0 saturated heterocycles. The summed E-state index contributed by atoms with van der Waals surface area (Å²) in [6.07, 6.45) is 5.14. The Labute approximate surface area is 118 Å². The van der Waals surface area contributed by atoms with Crippen LogP contribution in [0.2, 0.25) is 0 Å². The fourth-order valence-electron chi connectivity index (χ4n) is 1.69. The monoisotopic (exact) mass is 271 g/mol. The second kappa shape index (κ2) is 7.23. The average Bonchev–Trinajstić information content (AvgIpc) is 2.49. The molecule has 0 bridgehead atoms. The van der Waals surface area contributed by atoms with Crippen LogP contribution in [-0.4, -0.2) is 28.5 Å². The van der Waals surface area contributed by atoms with Crippen LogP contribution in [0.3, 0.4) is 0 Å². The van der Waals surface area contributed by atoms with Crippen molar-refractivity contribution in [3.05, 3.63) is 54.6 Å². The van der Waals surface area contributed by atoms with Crippen LogP contribution in [0.15, 0.2) is 49.1 Å². The Morgan fingerprint density at radius 2 is 1.95 bits per heavy atom. The zero-order valence-electron chi connectivity index (χ0n) is 11.3. The molecule has 5 heteroatoms. The van der Waals surface area contributed by atoms with Gasteiger partial charge >= 0.3 is 0 Å². The lowest BCUT2D eigenvalue weighted by atomic mass is 10.2. The summed E-state index contributed by atoms with van der Waals surface area (Å²) in [6, 6.07) is 9.29. The Balaban J connectivity index is 1.74. The molecule has 1 heterocycles. The molecule has 0 fully saturated rings. The van der Waals surface area contributed by atoms with Gasteiger partial charge in [0.2, 0.25) is 0 Å². The van der Waals surface area contributed by atoms with Crippen LogP contribution in [0.4, 0.5) is 0 Å². The molecule has 1 atom stereocenters. The smallest absolute Gasteiger partial charge is 0.260 e. The van der Waals surface area contributed by atoms with Crippen molar-refractivity contribution >= 4 is 5.91 Å². The zero-order chi connectivity index (χ0) is 14.2. The minimum absolute atomic E-state index is 0.134. The van der Waals surface area contributed by atoms with Gasteiger partial charge in [-0.1, -0.05) is 18.2 Å². The van der Waals surface area contributed by atoms with Crippen LogP contribution in [0.25, 0.3) is 0 Å². The van der Waals surface area contributed by atoms with E-state index in [-0.39, 0.29) is 5.91 Å². The Hall–Kier alpha value is -2.43. The van der Waals surface area contributed by atoms with E-state index in [0.29, 0.717) is 18.7 Å². The summed E-state index contributed by atoms with van der Waals surface area (Å²) >= 11 is 0. The van der Waals surface area contributed by atoms with Gasteiger partial charge in [-0.15, -0.1) is 0 Å². The summed E-state index contributed by atoms with van der Waals surface area (Å²) in [7, 11) is 0. The number of ether oxygens (including phenoxy) is 1. The third-order valence-corrected chi connectivity index (χ3v) is 2.75. The van der Waals surface area contributed by atoms with Gasteiger partial charge in [-0.2, -0.15) is 0 Å². The average molecular weight is 271 g/mol. The highest BCUT2D eigenvalue weighted by Crippen LogP contribution is 2.10. The van der Waals surface area contributed by atoms with E-state index in [2.05, 4.69) is 15.3 Å². The molecule has 0 radical (unpaired) electrons. The van der Waals surface area contributed by atoms with Crippen molar-refractivity contribution in [1.29, 1.82) is 0 Å². The minimum atomic E-state index is -0.524. The van der Waals surface area contributed by atoms with E-state index in [0.717, 1.165) is 5.56 Å². The van der Waals surface area contributed by atoms with Gasteiger partial charge < -0.3 is 10.1 Å². The molecule has 0 saturated carbocycles. The highest BCUT2D eigenvalue weighted by molar-refractivity contribution is 5.80. The van der Waals surface area contributed by atoms with E-state index in [1.165, 1.54) is 6.33 Å². The van der Waals surface area contributed by atoms with Crippen LogP contribution in [0, 0.1) is 0 Å². The fourth-order valence-corrected chi connectivity index (χ4v) is 1.69. The topological polar surface area (TPSA) is 64.1 Å². The van der Waals surface area contributed by atoms with Crippen LogP contribution < -0.4 is 10.1 Å². The van der Waals surface area contributed by atoms with Gasteiger partial charge in [0.05, 0.1) is 0 Å². The molecule has 1 amide bonds. The number of nitrogens with zero attached hydrogens (tertiary/aromatic N) is 2. The largest absolute Gasteiger partial charge is 0.481 e. The molecule has 2 aromatic rings. The van der Waals surface area contributed by atoms with Crippen LogP contribution >= 0.6 is 0 Å². The van der Waals surface area contributed by atoms with Crippen LogP contribution in [0.1, 0.15) is 12.5 Å². The second-order valence-corrected chi connectivity index (χ2v) is 4.36. The van der Waals surface area contributed by atoms with E-state index in [1.807, 2.05) is 30.3 Å². The van der Waals surface area contributed by atoms with Crippen molar-refractivity contribution in [2.45, 2.75) is 19.4 Å². The first-order valence-electron chi connectivity index (χ1n) is 6.49. The molecular formula is C15H17N3O2. The maximum absolute atomic E-state index is 11.9. The first kappa shape index (κ1) is 14.0. The number of aromatic nitrogens is 2. The number of rotatable bonds is 6. The number of amides is 1. The maximum atomic E-state index is 11.9. The van der Waals surface area contributed by atoms with Crippen molar-refractivity contribution in [1.82, 2.24) is 15.3 Å². The molecule has 0 spiro atoms. The highest BCUT2D eigenvalue weighted by atomic mass is 16.5. The molecule has 20 heavy (non-hydrogen) atoms. The lowest BCUT2D eigenvalue weighted by Crippen LogP contribution is -2.37. The summed E-state index contributed by atoms with van der Waals surface area (Å²) < 4.78 is 5.54.